The summed E-state index contributed by atoms with van der Waals surface area (Å²) in [5, 5.41) is 5.53. The number of para-hydroxylation sites is 1. The van der Waals surface area contributed by atoms with Crippen LogP contribution < -0.4 is 31.6 Å². The average Bonchev–Trinajstić information content (AvgIpc) is 2.82. The zero-order valence-corrected chi connectivity index (χ0v) is 19.2. The van der Waals surface area contributed by atoms with Gasteiger partial charge in [-0.2, -0.15) is 0 Å². The molecule has 0 aliphatic heterocycles. The van der Waals surface area contributed by atoms with E-state index in [0.717, 1.165) is 0 Å². The van der Waals surface area contributed by atoms with Gasteiger partial charge in [0.05, 0.1) is 17.7 Å². The Bertz CT molecular complexity index is 1280. The third-order valence-corrected chi connectivity index (χ3v) is 4.98. The van der Waals surface area contributed by atoms with Gasteiger partial charge in [0, 0.05) is 22.5 Å². The number of methoxy groups -OCH3 is 1. The monoisotopic (exact) mass is 496 g/mol. The molecule has 0 heterocycles. The summed E-state index contributed by atoms with van der Waals surface area (Å²) in [6, 6.07) is 14.8. The quantitative estimate of drug-likeness (QED) is 0.356. The van der Waals surface area contributed by atoms with E-state index in [9.17, 15) is 19.2 Å². The Morgan fingerprint density at radius 3 is 2.09 bits per heavy atom. The molecule has 3 aromatic carbocycles. The lowest BCUT2D eigenvalue weighted by Gasteiger charge is -2.13. The summed E-state index contributed by atoms with van der Waals surface area (Å²) < 4.78 is 10.6. The van der Waals surface area contributed by atoms with Crippen molar-refractivity contribution in [1.82, 2.24) is 0 Å². The first-order valence-corrected chi connectivity index (χ1v) is 10.5. The molecule has 0 atom stereocenters. The van der Waals surface area contributed by atoms with Gasteiger partial charge in [0.25, 0.3) is 11.8 Å². The van der Waals surface area contributed by atoms with Crippen LogP contribution in [0.3, 0.4) is 0 Å². The molecule has 35 heavy (non-hydrogen) atoms. The molecule has 0 unspecified atom stereocenters. The van der Waals surface area contributed by atoms with Crippen LogP contribution >= 0.6 is 11.6 Å². The molecule has 0 saturated heterocycles. The Morgan fingerprint density at radius 2 is 1.49 bits per heavy atom. The van der Waals surface area contributed by atoms with Gasteiger partial charge in [0.2, 0.25) is 11.8 Å². The third kappa shape index (κ3) is 6.49. The number of hydrogen-bond acceptors (Lipinski definition) is 6. The predicted octanol–water partition coefficient (Wildman–Crippen LogP) is 2.82. The molecule has 3 rings (SSSR count). The number of benzene rings is 3. The van der Waals surface area contributed by atoms with Crippen LogP contribution in [0.25, 0.3) is 0 Å². The highest BCUT2D eigenvalue weighted by atomic mass is 35.5. The number of amides is 4. The first kappa shape index (κ1) is 25.1. The molecule has 0 radical (unpaired) electrons. The lowest BCUT2D eigenvalue weighted by molar-refractivity contribution is -0.118. The summed E-state index contributed by atoms with van der Waals surface area (Å²) in [6.45, 7) is -0.392. The number of anilines is 2. The highest BCUT2D eigenvalue weighted by molar-refractivity contribution is 6.32. The van der Waals surface area contributed by atoms with E-state index in [1.165, 1.54) is 43.5 Å². The van der Waals surface area contributed by atoms with Crippen LogP contribution in [0.15, 0.2) is 60.7 Å². The molecule has 6 N–H and O–H groups in total. The molecule has 11 heteroatoms. The molecule has 0 saturated carbocycles. The molecule has 0 fully saturated rings. The summed E-state index contributed by atoms with van der Waals surface area (Å²) in [7, 11) is 1.48. The topological polar surface area (TPSA) is 163 Å². The molecular formula is C24H21ClN4O6. The molecule has 3 aromatic rings. The molecule has 0 spiro atoms. The number of hydrogen-bond donors (Lipinski definition) is 4. The molecule has 10 nitrogen and oxygen atoms in total. The van der Waals surface area contributed by atoms with Crippen LogP contribution in [0.2, 0.25) is 5.02 Å². The van der Waals surface area contributed by atoms with Gasteiger partial charge in [0.15, 0.2) is 6.61 Å². The highest BCUT2D eigenvalue weighted by Crippen LogP contribution is 2.27. The SMILES string of the molecule is COc1ccc(NC(=O)COc2ccccc2C(=O)Nc2cc(C(N)=O)cc(C(N)=O)c2)cc1Cl. The average molecular weight is 497 g/mol. The van der Waals surface area contributed by atoms with Crippen molar-refractivity contribution < 1.29 is 28.7 Å². The lowest BCUT2D eigenvalue weighted by atomic mass is 10.1. The second-order valence-electron chi connectivity index (χ2n) is 7.16. The van der Waals surface area contributed by atoms with Crippen molar-refractivity contribution in [2.45, 2.75) is 0 Å². The minimum absolute atomic E-state index is 0.00329. The van der Waals surface area contributed by atoms with Crippen molar-refractivity contribution in [2.75, 3.05) is 24.4 Å². The van der Waals surface area contributed by atoms with Gasteiger partial charge in [-0.3, -0.25) is 19.2 Å². The first-order valence-electron chi connectivity index (χ1n) is 10.1. The Morgan fingerprint density at radius 1 is 0.829 bits per heavy atom. The zero-order valence-electron chi connectivity index (χ0n) is 18.5. The van der Waals surface area contributed by atoms with Crippen molar-refractivity contribution in [1.29, 1.82) is 0 Å². The normalized spacial score (nSPS) is 10.2. The van der Waals surface area contributed by atoms with Crippen LogP contribution in [0.5, 0.6) is 11.5 Å². The molecule has 180 valence electrons. The van der Waals surface area contributed by atoms with Crippen LogP contribution in [0.1, 0.15) is 31.1 Å². The molecule has 0 aliphatic rings. The minimum Gasteiger partial charge on any atom is -0.495 e. The van der Waals surface area contributed by atoms with Crippen molar-refractivity contribution in [2.24, 2.45) is 11.5 Å². The summed E-state index contributed by atoms with van der Waals surface area (Å²) in [5.41, 5.74) is 11.2. The third-order valence-electron chi connectivity index (χ3n) is 4.69. The van der Waals surface area contributed by atoms with E-state index in [1.54, 1.807) is 24.3 Å². The number of primary amides is 2. The molecule has 0 aliphatic carbocycles. The maximum absolute atomic E-state index is 12.9. The minimum atomic E-state index is -0.795. The number of halogens is 1. The van der Waals surface area contributed by atoms with Crippen molar-refractivity contribution in [3.63, 3.8) is 0 Å². The van der Waals surface area contributed by atoms with Crippen molar-refractivity contribution >= 4 is 46.6 Å². The summed E-state index contributed by atoms with van der Waals surface area (Å²) in [6.07, 6.45) is 0. The van der Waals surface area contributed by atoms with Gasteiger partial charge in [-0.25, -0.2) is 0 Å². The second-order valence-corrected chi connectivity index (χ2v) is 7.57. The van der Waals surface area contributed by atoms with Crippen LogP contribution in [0, 0.1) is 0 Å². The Balaban J connectivity index is 1.71. The number of rotatable bonds is 9. The van der Waals surface area contributed by atoms with Gasteiger partial charge in [0.1, 0.15) is 11.5 Å². The van der Waals surface area contributed by atoms with E-state index in [2.05, 4.69) is 10.6 Å². The van der Waals surface area contributed by atoms with E-state index < -0.39 is 30.2 Å². The van der Waals surface area contributed by atoms with E-state index in [-0.39, 0.29) is 28.1 Å². The number of nitrogens with two attached hydrogens (primary N) is 2. The van der Waals surface area contributed by atoms with E-state index >= 15 is 0 Å². The number of carbonyl (C=O) groups is 4. The fourth-order valence-corrected chi connectivity index (χ4v) is 3.30. The molecule has 0 aromatic heterocycles. The fourth-order valence-electron chi connectivity index (χ4n) is 3.05. The van der Waals surface area contributed by atoms with E-state index in [0.29, 0.717) is 16.5 Å². The first-order chi connectivity index (χ1) is 16.7. The maximum Gasteiger partial charge on any atom is 0.262 e. The van der Waals surface area contributed by atoms with Gasteiger partial charge >= 0.3 is 0 Å². The standard InChI is InChI=1S/C24H21ClN4O6/c1-34-20-7-6-15(11-18(20)25)28-21(30)12-35-19-5-3-2-4-17(19)24(33)29-16-9-13(22(26)31)8-14(10-16)23(27)32/h2-11H,12H2,1H3,(H2,26,31)(H2,27,32)(H,28,30)(H,29,33). The predicted molar refractivity (Wildman–Crippen MR) is 130 cm³/mol. The Hall–Kier alpha value is -4.57. The highest BCUT2D eigenvalue weighted by Gasteiger charge is 2.16. The van der Waals surface area contributed by atoms with Crippen LogP contribution in [0.4, 0.5) is 11.4 Å². The number of carbonyl (C=O) groups excluding carboxylic acids is 4. The number of ether oxygens (including phenoxy) is 2. The van der Waals surface area contributed by atoms with Crippen molar-refractivity contribution in [3.05, 3.63) is 82.4 Å². The second kappa shape index (κ2) is 11.0. The van der Waals surface area contributed by atoms with Crippen molar-refractivity contribution in [3.8, 4) is 11.5 Å². The fraction of sp³-hybridized carbons (Fsp3) is 0.0833. The Kier molecular flexibility index (Phi) is 7.90. The van der Waals surface area contributed by atoms with Gasteiger partial charge < -0.3 is 31.6 Å². The lowest BCUT2D eigenvalue weighted by Crippen LogP contribution is -2.22. The largest absolute Gasteiger partial charge is 0.495 e. The van der Waals surface area contributed by atoms with Gasteiger partial charge in [-0.05, 0) is 48.5 Å². The van der Waals surface area contributed by atoms with Crippen LogP contribution in [-0.4, -0.2) is 37.3 Å². The summed E-state index contributed by atoms with van der Waals surface area (Å²) in [5.74, 6) is -2.09. The van der Waals surface area contributed by atoms with E-state index in [1.807, 2.05) is 0 Å². The van der Waals surface area contributed by atoms with Gasteiger partial charge in [-0.1, -0.05) is 23.7 Å². The molecule has 0 bridgehead atoms. The summed E-state index contributed by atoms with van der Waals surface area (Å²) >= 11 is 6.06. The number of nitrogens with one attached hydrogen (secondary N) is 2. The van der Waals surface area contributed by atoms with Crippen LogP contribution in [-0.2, 0) is 4.79 Å². The maximum atomic E-state index is 12.9. The van der Waals surface area contributed by atoms with Gasteiger partial charge in [-0.15, -0.1) is 0 Å². The smallest absolute Gasteiger partial charge is 0.262 e. The Labute approximate surface area is 205 Å². The molecular weight excluding hydrogens is 476 g/mol. The van der Waals surface area contributed by atoms with E-state index in [4.69, 9.17) is 32.5 Å². The zero-order chi connectivity index (χ0) is 25.5. The molecule has 4 amide bonds. The summed E-state index contributed by atoms with van der Waals surface area (Å²) in [4.78, 5) is 48.3.